The Labute approximate surface area is 108 Å². The van der Waals surface area contributed by atoms with Crippen LogP contribution in [0, 0.1) is 10.1 Å². The third-order valence-electron chi connectivity index (χ3n) is 2.63. The summed E-state index contributed by atoms with van der Waals surface area (Å²) in [6, 6.07) is 9.08. The quantitative estimate of drug-likeness (QED) is 0.668. The second-order valence-corrected chi connectivity index (χ2v) is 3.74. The van der Waals surface area contributed by atoms with Gasteiger partial charge in [-0.05, 0) is 19.1 Å². The number of H-pyrrole nitrogens is 1. The lowest BCUT2D eigenvalue weighted by Crippen LogP contribution is -2.23. The van der Waals surface area contributed by atoms with Crippen molar-refractivity contribution in [1.29, 1.82) is 0 Å². The molecule has 0 radical (unpaired) electrons. The van der Waals surface area contributed by atoms with Gasteiger partial charge in [0.05, 0.1) is 11.3 Å². The highest BCUT2D eigenvalue weighted by molar-refractivity contribution is 5.67. The van der Waals surface area contributed by atoms with E-state index in [-0.39, 0.29) is 5.82 Å². The molecule has 0 saturated carbocycles. The van der Waals surface area contributed by atoms with Gasteiger partial charge in [-0.3, -0.25) is 14.9 Å². The lowest BCUT2D eigenvalue weighted by atomic mass is 10.2. The Morgan fingerprint density at radius 3 is 2.63 bits per heavy atom. The Morgan fingerprint density at radius 2 is 2.05 bits per heavy atom. The Balaban J connectivity index is 2.60. The Bertz CT molecular complexity index is 639. The summed E-state index contributed by atoms with van der Waals surface area (Å²) < 4.78 is 0. The predicted octanol–water partition coefficient (Wildman–Crippen LogP) is 1.84. The highest BCUT2D eigenvalue weighted by Gasteiger charge is 2.25. The Hall–Kier alpha value is -2.70. The monoisotopic (exact) mass is 260 g/mol. The average molecular weight is 260 g/mol. The number of nitrogens with one attached hydrogen (secondary N) is 1. The molecule has 0 fully saturated rings. The highest BCUT2D eigenvalue weighted by Crippen LogP contribution is 2.27. The zero-order valence-electron chi connectivity index (χ0n) is 10.2. The van der Waals surface area contributed by atoms with Gasteiger partial charge in [-0.2, -0.15) is 0 Å². The number of nitro groups is 1. The molecule has 0 spiro atoms. The van der Waals surface area contributed by atoms with Gasteiger partial charge in [0.25, 0.3) is 0 Å². The van der Waals surface area contributed by atoms with Gasteiger partial charge in [-0.1, -0.05) is 18.2 Å². The Morgan fingerprint density at radius 1 is 1.37 bits per heavy atom. The number of hydrogen-bond donors (Lipinski definition) is 1. The molecular weight excluding hydrogens is 248 g/mol. The van der Waals surface area contributed by atoms with Crippen LogP contribution in [0.3, 0.4) is 0 Å². The van der Waals surface area contributed by atoms with E-state index < -0.39 is 16.2 Å². The SMILES string of the molecule is CCN(c1ccccc1)c1nc[nH]c(=O)c1[N+](=O)[O-]. The van der Waals surface area contributed by atoms with Gasteiger partial charge >= 0.3 is 11.2 Å². The number of aromatic nitrogens is 2. The smallest absolute Gasteiger partial charge is 0.321 e. The number of para-hydroxylation sites is 1. The van der Waals surface area contributed by atoms with Gasteiger partial charge in [-0.15, -0.1) is 0 Å². The number of aromatic amines is 1. The lowest BCUT2D eigenvalue weighted by molar-refractivity contribution is -0.385. The van der Waals surface area contributed by atoms with Crippen LogP contribution in [0.2, 0.25) is 0 Å². The van der Waals surface area contributed by atoms with Crippen LogP contribution in [-0.2, 0) is 0 Å². The van der Waals surface area contributed by atoms with E-state index in [1.807, 2.05) is 25.1 Å². The molecule has 0 aliphatic heterocycles. The highest BCUT2D eigenvalue weighted by atomic mass is 16.6. The van der Waals surface area contributed by atoms with Gasteiger partial charge in [0, 0.05) is 12.2 Å². The fourth-order valence-electron chi connectivity index (χ4n) is 1.81. The normalized spacial score (nSPS) is 10.2. The molecule has 0 unspecified atom stereocenters. The van der Waals surface area contributed by atoms with Crippen molar-refractivity contribution in [1.82, 2.24) is 9.97 Å². The molecule has 0 saturated heterocycles. The molecule has 98 valence electrons. The van der Waals surface area contributed by atoms with Crippen molar-refractivity contribution in [3.8, 4) is 0 Å². The molecule has 0 amide bonds. The molecule has 1 heterocycles. The third kappa shape index (κ3) is 2.44. The maximum Gasteiger partial charge on any atom is 0.376 e. The van der Waals surface area contributed by atoms with Gasteiger partial charge in [0.2, 0.25) is 5.82 Å². The van der Waals surface area contributed by atoms with Gasteiger partial charge < -0.3 is 9.88 Å². The minimum absolute atomic E-state index is 0.0439. The molecule has 0 atom stereocenters. The summed E-state index contributed by atoms with van der Waals surface area (Å²) in [7, 11) is 0. The van der Waals surface area contributed by atoms with E-state index in [4.69, 9.17) is 0 Å². The van der Waals surface area contributed by atoms with Gasteiger partial charge in [-0.25, -0.2) is 4.98 Å². The van der Waals surface area contributed by atoms with Crippen LogP contribution in [0.1, 0.15) is 6.92 Å². The fourth-order valence-corrected chi connectivity index (χ4v) is 1.81. The third-order valence-corrected chi connectivity index (χ3v) is 2.63. The summed E-state index contributed by atoms with van der Waals surface area (Å²) in [4.78, 5) is 29.6. The molecule has 0 bridgehead atoms. The molecule has 7 nitrogen and oxygen atoms in total. The first-order valence-corrected chi connectivity index (χ1v) is 5.69. The second kappa shape index (κ2) is 5.30. The van der Waals surface area contributed by atoms with E-state index in [9.17, 15) is 14.9 Å². The summed E-state index contributed by atoms with van der Waals surface area (Å²) in [6.45, 7) is 2.29. The minimum Gasteiger partial charge on any atom is -0.321 e. The first-order chi connectivity index (χ1) is 9.15. The van der Waals surface area contributed by atoms with E-state index in [0.717, 1.165) is 12.0 Å². The number of benzene rings is 1. The van der Waals surface area contributed by atoms with Crippen LogP contribution in [0.15, 0.2) is 41.5 Å². The molecule has 0 aliphatic carbocycles. The van der Waals surface area contributed by atoms with Crippen molar-refractivity contribution in [2.75, 3.05) is 11.4 Å². The lowest BCUT2D eigenvalue weighted by Gasteiger charge is -2.20. The topological polar surface area (TPSA) is 92.1 Å². The summed E-state index contributed by atoms with van der Waals surface area (Å²) in [5, 5.41) is 11.0. The van der Waals surface area contributed by atoms with Crippen LogP contribution in [0.25, 0.3) is 0 Å². The van der Waals surface area contributed by atoms with E-state index >= 15 is 0 Å². The van der Waals surface area contributed by atoms with Crippen LogP contribution < -0.4 is 10.5 Å². The molecular formula is C12H12N4O3. The predicted molar refractivity (Wildman–Crippen MR) is 70.6 cm³/mol. The van der Waals surface area contributed by atoms with Crippen LogP contribution in [-0.4, -0.2) is 21.4 Å². The summed E-state index contributed by atoms with van der Waals surface area (Å²) in [5.74, 6) is 0.0439. The Kier molecular flexibility index (Phi) is 3.56. The van der Waals surface area contributed by atoms with Crippen molar-refractivity contribution in [3.63, 3.8) is 0 Å². The van der Waals surface area contributed by atoms with E-state index in [1.54, 1.807) is 17.0 Å². The molecule has 1 aromatic carbocycles. The van der Waals surface area contributed by atoms with Gasteiger partial charge in [0.1, 0.15) is 0 Å². The van der Waals surface area contributed by atoms with Crippen LogP contribution in [0.4, 0.5) is 17.2 Å². The maximum atomic E-state index is 11.6. The zero-order chi connectivity index (χ0) is 13.8. The van der Waals surface area contributed by atoms with Gasteiger partial charge in [0.15, 0.2) is 0 Å². The minimum atomic E-state index is -0.760. The largest absolute Gasteiger partial charge is 0.376 e. The first kappa shape index (κ1) is 12.7. The van der Waals surface area contributed by atoms with Crippen molar-refractivity contribution < 1.29 is 4.92 Å². The first-order valence-electron chi connectivity index (χ1n) is 5.69. The summed E-state index contributed by atoms with van der Waals surface area (Å²) >= 11 is 0. The molecule has 7 heteroatoms. The van der Waals surface area contributed by atoms with Crippen molar-refractivity contribution in [2.24, 2.45) is 0 Å². The van der Waals surface area contributed by atoms with E-state index in [1.165, 1.54) is 0 Å². The number of anilines is 2. The standard InChI is InChI=1S/C12H12N4O3/c1-2-15(9-6-4-3-5-7-9)11-10(16(18)19)12(17)14-8-13-11/h3-8H,2H2,1H3,(H,13,14,17). The van der Waals surface area contributed by atoms with Crippen molar-refractivity contribution in [2.45, 2.75) is 6.92 Å². The molecule has 19 heavy (non-hydrogen) atoms. The zero-order valence-corrected chi connectivity index (χ0v) is 10.2. The number of hydrogen-bond acceptors (Lipinski definition) is 5. The second-order valence-electron chi connectivity index (χ2n) is 3.74. The molecule has 2 rings (SSSR count). The number of rotatable bonds is 4. The molecule has 0 aliphatic rings. The van der Waals surface area contributed by atoms with Crippen LogP contribution in [0.5, 0.6) is 0 Å². The summed E-state index contributed by atoms with van der Waals surface area (Å²) in [5.41, 5.74) is -0.566. The van der Waals surface area contributed by atoms with Crippen molar-refractivity contribution >= 4 is 17.2 Å². The van der Waals surface area contributed by atoms with E-state index in [0.29, 0.717) is 6.54 Å². The van der Waals surface area contributed by atoms with E-state index in [2.05, 4.69) is 9.97 Å². The van der Waals surface area contributed by atoms with Crippen LogP contribution >= 0.6 is 0 Å². The molecule has 2 aromatic rings. The number of nitrogens with zero attached hydrogens (tertiary/aromatic N) is 3. The summed E-state index contributed by atoms with van der Waals surface area (Å²) in [6.07, 6.45) is 1.16. The van der Waals surface area contributed by atoms with Crippen molar-refractivity contribution in [3.05, 3.63) is 57.1 Å². The molecule has 1 N–H and O–H groups in total. The maximum absolute atomic E-state index is 11.6. The molecule has 1 aromatic heterocycles. The fraction of sp³-hybridized carbons (Fsp3) is 0.167. The average Bonchev–Trinajstić information content (AvgIpc) is 2.40.